The minimum atomic E-state index is -0.155. The highest BCUT2D eigenvalue weighted by molar-refractivity contribution is 6.31. The fourth-order valence-corrected chi connectivity index (χ4v) is 4.45. The number of fused-ring (bicyclic) bond motifs is 2. The van der Waals surface area contributed by atoms with Gasteiger partial charge in [0.2, 0.25) is 5.95 Å². The first-order valence-corrected chi connectivity index (χ1v) is 11.0. The number of halogens is 1. The summed E-state index contributed by atoms with van der Waals surface area (Å²) in [5.74, 6) is 0.371. The first-order chi connectivity index (χ1) is 15.5. The van der Waals surface area contributed by atoms with Crippen molar-refractivity contribution in [1.29, 1.82) is 0 Å². The van der Waals surface area contributed by atoms with Crippen LogP contribution in [0, 0.1) is 13.8 Å². The van der Waals surface area contributed by atoms with E-state index < -0.39 is 0 Å². The number of hydrogen-bond donors (Lipinski definition) is 2. The smallest absolute Gasteiger partial charge is 0.256 e. The van der Waals surface area contributed by atoms with Crippen molar-refractivity contribution in [3.05, 3.63) is 81.8 Å². The molecular formula is C25H22ClN5O. The first kappa shape index (κ1) is 20.4. The number of carbonyl (C=O) groups excluding carboxylic acids is 1. The van der Waals surface area contributed by atoms with E-state index in [1.165, 1.54) is 0 Å². The summed E-state index contributed by atoms with van der Waals surface area (Å²) in [5, 5.41) is 7.65. The summed E-state index contributed by atoms with van der Waals surface area (Å²) in [5.41, 5.74) is 6.75. The highest BCUT2D eigenvalue weighted by Gasteiger charge is 2.24. The molecule has 32 heavy (non-hydrogen) atoms. The second-order valence-corrected chi connectivity index (χ2v) is 8.50. The predicted octanol–water partition coefficient (Wildman–Crippen LogP) is 5.78. The number of nitrogens with zero attached hydrogens (tertiary/aromatic N) is 3. The highest BCUT2D eigenvalue weighted by atomic mass is 35.5. The number of aryl methyl sites for hydroxylation is 3. The number of hydrogen-bond acceptors (Lipinski definition) is 5. The van der Waals surface area contributed by atoms with Crippen molar-refractivity contribution in [3.63, 3.8) is 0 Å². The maximum atomic E-state index is 13.4. The molecule has 1 aliphatic rings. The third kappa shape index (κ3) is 4.01. The number of pyridine rings is 1. The number of rotatable bonds is 4. The molecule has 7 heteroatoms. The van der Waals surface area contributed by atoms with Gasteiger partial charge in [0.05, 0.1) is 11.1 Å². The molecule has 0 saturated carbocycles. The summed E-state index contributed by atoms with van der Waals surface area (Å²) in [6.07, 6.45) is 2.74. The number of carbonyl (C=O) groups is 1. The average molecular weight is 444 g/mol. The zero-order valence-corrected chi connectivity index (χ0v) is 18.6. The quantitative estimate of drug-likeness (QED) is 0.418. The predicted molar refractivity (Wildman–Crippen MR) is 128 cm³/mol. The number of amides is 1. The standard InChI is InChI=1S/C25H22ClN5O/c1-14-11-15(2)28-25(27-14)30-18-6-3-5-17(13-18)29-24(32)23-19-7-4-8-21(19)31-22-10-9-16(26)12-20(22)23/h3,5-6,9-13H,4,7-8H2,1-2H3,(H,29,32)(H,27,28,30). The fourth-order valence-electron chi connectivity index (χ4n) is 4.27. The van der Waals surface area contributed by atoms with Crippen LogP contribution in [0.1, 0.15) is 39.4 Å². The Hall–Kier alpha value is -3.51. The second kappa shape index (κ2) is 8.20. The normalized spacial score (nSPS) is 12.6. The molecule has 5 rings (SSSR count). The van der Waals surface area contributed by atoms with Gasteiger partial charge in [0, 0.05) is 38.9 Å². The van der Waals surface area contributed by atoms with Gasteiger partial charge in [0.1, 0.15) is 0 Å². The lowest BCUT2D eigenvalue weighted by atomic mass is 10.0. The van der Waals surface area contributed by atoms with Gasteiger partial charge in [-0.25, -0.2) is 9.97 Å². The van der Waals surface area contributed by atoms with Crippen LogP contribution >= 0.6 is 11.6 Å². The van der Waals surface area contributed by atoms with E-state index >= 15 is 0 Å². The van der Waals surface area contributed by atoms with Gasteiger partial charge < -0.3 is 10.6 Å². The summed E-state index contributed by atoms with van der Waals surface area (Å²) in [7, 11) is 0. The van der Waals surface area contributed by atoms with Gasteiger partial charge in [-0.05, 0) is 81.1 Å². The van der Waals surface area contributed by atoms with E-state index in [0.717, 1.165) is 58.5 Å². The maximum Gasteiger partial charge on any atom is 0.256 e. The first-order valence-electron chi connectivity index (χ1n) is 10.6. The summed E-state index contributed by atoms with van der Waals surface area (Å²) in [6, 6.07) is 15.0. The van der Waals surface area contributed by atoms with Crippen LogP contribution in [0.2, 0.25) is 5.02 Å². The lowest BCUT2D eigenvalue weighted by Gasteiger charge is -2.14. The van der Waals surface area contributed by atoms with Crippen LogP contribution in [0.15, 0.2) is 48.5 Å². The molecule has 2 aromatic carbocycles. The number of benzene rings is 2. The second-order valence-electron chi connectivity index (χ2n) is 8.06. The van der Waals surface area contributed by atoms with Crippen molar-refractivity contribution in [2.75, 3.05) is 10.6 Å². The van der Waals surface area contributed by atoms with E-state index in [0.29, 0.717) is 22.2 Å². The summed E-state index contributed by atoms with van der Waals surface area (Å²) >= 11 is 6.25. The Morgan fingerprint density at radius 3 is 2.53 bits per heavy atom. The van der Waals surface area contributed by atoms with Crippen molar-refractivity contribution >= 4 is 45.7 Å². The van der Waals surface area contributed by atoms with Crippen molar-refractivity contribution < 1.29 is 4.79 Å². The molecule has 0 atom stereocenters. The molecule has 0 aliphatic heterocycles. The molecule has 160 valence electrons. The monoisotopic (exact) mass is 443 g/mol. The van der Waals surface area contributed by atoms with E-state index in [4.69, 9.17) is 16.6 Å². The minimum Gasteiger partial charge on any atom is -0.324 e. The molecule has 2 aromatic heterocycles. The zero-order chi connectivity index (χ0) is 22.2. The maximum absolute atomic E-state index is 13.4. The number of nitrogens with one attached hydrogen (secondary N) is 2. The zero-order valence-electron chi connectivity index (χ0n) is 17.9. The molecule has 1 aliphatic carbocycles. The van der Waals surface area contributed by atoms with Crippen LogP contribution in [0.25, 0.3) is 10.9 Å². The summed E-state index contributed by atoms with van der Waals surface area (Å²) in [4.78, 5) is 27.0. The number of aromatic nitrogens is 3. The SMILES string of the molecule is Cc1cc(C)nc(Nc2cccc(NC(=O)c3c4c(nc5ccc(Cl)cc35)CCC4)c2)n1. The van der Waals surface area contributed by atoms with E-state index in [1.807, 2.05) is 62.4 Å². The Kier molecular flexibility index (Phi) is 5.23. The van der Waals surface area contributed by atoms with E-state index in [2.05, 4.69) is 20.6 Å². The highest BCUT2D eigenvalue weighted by Crippen LogP contribution is 2.32. The Bertz CT molecular complexity index is 1350. The third-order valence-corrected chi connectivity index (χ3v) is 5.79. The van der Waals surface area contributed by atoms with E-state index in [1.54, 1.807) is 0 Å². The van der Waals surface area contributed by atoms with Gasteiger partial charge in [0.15, 0.2) is 0 Å². The lowest BCUT2D eigenvalue weighted by Crippen LogP contribution is -2.16. The molecule has 0 radical (unpaired) electrons. The molecular weight excluding hydrogens is 422 g/mol. The molecule has 4 aromatic rings. The molecule has 0 spiro atoms. The van der Waals surface area contributed by atoms with Crippen molar-refractivity contribution in [3.8, 4) is 0 Å². The molecule has 2 N–H and O–H groups in total. The summed E-state index contributed by atoms with van der Waals surface area (Å²) < 4.78 is 0. The van der Waals surface area contributed by atoms with Crippen LogP contribution in [0.3, 0.4) is 0 Å². The Labute approximate surface area is 191 Å². The van der Waals surface area contributed by atoms with Crippen molar-refractivity contribution in [2.24, 2.45) is 0 Å². The lowest BCUT2D eigenvalue weighted by molar-refractivity contribution is 0.102. The molecule has 0 bridgehead atoms. The van der Waals surface area contributed by atoms with Gasteiger partial charge in [-0.1, -0.05) is 17.7 Å². The van der Waals surface area contributed by atoms with Crippen molar-refractivity contribution in [1.82, 2.24) is 15.0 Å². The van der Waals surface area contributed by atoms with Gasteiger partial charge >= 0.3 is 0 Å². The fraction of sp³-hybridized carbons (Fsp3) is 0.200. The van der Waals surface area contributed by atoms with E-state index in [9.17, 15) is 4.79 Å². The van der Waals surface area contributed by atoms with Crippen LogP contribution in [-0.2, 0) is 12.8 Å². The largest absolute Gasteiger partial charge is 0.324 e. The van der Waals surface area contributed by atoms with E-state index in [-0.39, 0.29) is 5.91 Å². The van der Waals surface area contributed by atoms with Gasteiger partial charge in [0.25, 0.3) is 5.91 Å². The van der Waals surface area contributed by atoms with Crippen LogP contribution in [0.4, 0.5) is 17.3 Å². The Balaban J connectivity index is 1.47. The topological polar surface area (TPSA) is 79.8 Å². The van der Waals surface area contributed by atoms with Gasteiger partial charge in [-0.3, -0.25) is 9.78 Å². The Morgan fingerprint density at radius 1 is 0.938 bits per heavy atom. The van der Waals surface area contributed by atoms with Crippen LogP contribution in [-0.4, -0.2) is 20.9 Å². The van der Waals surface area contributed by atoms with Crippen LogP contribution in [0.5, 0.6) is 0 Å². The third-order valence-electron chi connectivity index (χ3n) is 5.56. The molecule has 0 unspecified atom stereocenters. The average Bonchev–Trinajstić information content (AvgIpc) is 3.19. The van der Waals surface area contributed by atoms with Crippen LogP contribution < -0.4 is 10.6 Å². The molecule has 0 saturated heterocycles. The number of anilines is 3. The summed E-state index contributed by atoms with van der Waals surface area (Å²) in [6.45, 7) is 3.86. The molecule has 0 fully saturated rings. The van der Waals surface area contributed by atoms with Crippen molar-refractivity contribution in [2.45, 2.75) is 33.1 Å². The van der Waals surface area contributed by atoms with Gasteiger partial charge in [-0.15, -0.1) is 0 Å². The van der Waals surface area contributed by atoms with Gasteiger partial charge in [-0.2, -0.15) is 0 Å². The molecule has 1 amide bonds. The molecule has 6 nitrogen and oxygen atoms in total. The Morgan fingerprint density at radius 2 is 1.72 bits per heavy atom. The minimum absolute atomic E-state index is 0.155. The molecule has 2 heterocycles.